The van der Waals surface area contributed by atoms with Gasteiger partial charge >= 0.3 is 6.18 Å². The van der Waals surface area contributed by atoms with E-state index in [1.165, 1.54) is 18.2 Å². The van der Waals surface area contributed by atoms with Crippen molar-refractivity contribution in [3.8, 4) is 0 Å². The molecule has 0 bridgehead atoms. The van der Waals surface area contributed by atoms with Crippen molar-refractivity contribution in [3.05, 3.63) is 32.8 Å². The molecule has 17 heavy (non-hydrogen) atoms. The molecule has 1 aromatic carbocycles. The van der Waals surface area contributed by atoms with Crippen LogP contribution in [0.5, 0.6) is 0 Å². The van der Waals surface area contributed by atoms with Gasteiger partial charge in [-0.1, -0.05) is 15.9 Å². The summed E-state index contributed by atoms with van der Waals surface area (Å²) in [7, 11) is 0. The van der Waals surface area contributed by atoms with Crippen molar-refractivity contribution in [3.63, 3.8) is 0 Å². The summed E-state index contributed by atoms with van der Waals surface area (Å²) >= 11 is 3.09. The highest BCUT2D eigenvalue weighted by atomic mass is 79.9. The third-order valence-electron chi connectivity index (χ3n) is 1.88. The first-order chi connectivity index (χ1) is 7.79. The zero-order valence-corrected chi connectivity index (χ0v) is 10.0. The minimum absolute atomic E-state index is 0.0635. The Kier molecular flexibility index (Phi) is 4.33. The van der Waals surface area contributed by atoms with E-state index in [4.69, 9.17) is 0 Å². The van der Waals surface area contributed by atoms with Gasteiger partial charge in [-0.2, -0.15) is 13.2 Å². The Morgan fingerprint density at radius 2 is 2.06 bits per heavy atom. The summed E-state index contributed by atoms with van der Waals surface area (Å²) in [5, 5.41) is 13.0. The zero-order valence-electron chi connectivity index (χ0n) is 8.42. The molecule has 94 valence electrons. The number of nitro groups is 1. The molecule has 0 aliphatic carbocycles. The molecule has 8 heteroatoms. The summed E-state index contributed by atoms with van der Waals surface area (Å²) in [4.78, 5) is 9.97. The number of nitro benzene ring substituents is 1. The van der Waals surface area contributed by atoms with Crippen molar-refractivity contribution in [1.82, 2.24) is 0 Å². The van der Waals surface area contributed by atoms with E-state index in [2.05, 4.69) is 21.2 Å². The second-order valence-electron chi connectivity index (χ2n) is 3.21. The van der Waals surface area contributed by atoms with Crippen LogP contribution in [0.15, 0.2) is 22.7 Å². The van der Waals surface area contributed by atoms with Crippen LogP contribution in [0.1, 0.15) is 6.42 Å². The molecule has 0 radical (unpaired) electrons. The highest BCUT2D eigenvalue weighted by Gasteiger charge is 2.26. The number of alkyl halides is 3. The van der Waals surface area contributed by atoms with E-state index in [0.717, 1.165) is 0 Å². The predicted octanol–water partition coefficient (Wildman–Crippen LogP) is 3.72. The van der Waals surface area contributed by atoms with Gasteiger partial charge in [0.15, 0.2) is 0 Å². The summed E-state index contributed by atoms with van der Waals surface area (Å²) < 4.78 is 36.3. The van der Waals surface area contributed by atoms with Gasteiger partial charge in [0.1, 0.15) is 5.69 Å². The average molecular weight is 313 g/mol. The second kappa shape index (κ2) is 5.35. The second-order valence-corrected chi connectivity index (χ2v) is 4.13. The first-order valence-electron chi connectivity index (χ1n) is 4.54. The summed E-state index contributed by atoms with van der Waals surface area (Å²) in [5.74, 6) is 0. The molecule has 0 saturated heterocycles. The zero-order chi connectivity index (χ0) is 13.1. The standard InChI is InChI=1S/C9H8BrF3N2O2/c10-6-1-2-8(15(16)17)7(5-6)14-4-3-9(11,12)13/h1-2,5,14H,3-4H2. The minimum Gasteiger partial charge on any atom is -0.379 e. The molecule has 0 unspecified atom stereocenters. The number of rotatable bonds is 4. The van der Waals surface area contributed by atoms with Gasteiger partial charge in [0.2, 0.25) is 0 Å². The molecule has 1 N–H and O–H groups in total. The third-order valence-corrected chi connectivity index (χ3v) is 2.37. The largest absolute Gasteiger partial charge is 0.390 e. The van der Waals surface area contributed by atoms with Gasteiger partial charge in [-0.15, -0.1) is 0 Å². The van der Waals surface area contributed by atoms with Crippen LogP contribution in [0.4, 0.5) is 24.5 Å². The number of anilines is 1. The quantitative estimate of drug-likeness (QED) is 0.681. The lowest BCUT2D eigenvalue weighted by Gasteiger charge is -2.09. The maximum absolute atomic E-state index is 11.9. The monoisotopic (exact) mass is 312 g/mol. The Labute approximate surface area is 103 Å². The van der Waals surface area contributed by atoms with Gasteiger partial charge < -0.3 is 5.32 Å². The Morgan fingerprint density at radius 3 is 2.59 bits per heavy atom. The fourth-order valence-corrected chi connectivity index (χ4v) is 1.51. The Morgan fingerprint density at radius 1 is 1.41 bits per heavy atom. The van der Waals surface area contributed by atoms with Crippen molar-refractivity contribution in [2.24, 2.45) is 0 Å². The lowest BCUT2D eigenvalue weighted by Crippen LogP contribution is -2.15. The van der Waals surface area contributed by atoms with E-state index in [-0.39, 0.29) is 11.4 Å². The van der Waals surface area contributed by atoms with E-state index in [0.29, 0.717) is 4.47 Å². The number of hydrogen-bond donors (Lipinski definition) is 1. The molecular formula is C9H8BrF3N2O2. The average Bonchev–Trinajstić information content (AvgIpc) is 2.15. The van der Waals surface area contributed by atoms with E-state index in [1.807, 2.05) is 0 Å². The fraction of sp³-hybridized carbons (Fsp3) is 0.333. The first-order valence-corrected chi connectivity index (χ1v) is 5.33. The molecule has 0 spiro atoms. The van der Waals surface area contributed by atoms with Crippen molar-refractivity contribution in [2.75, 3.05) is 11.9 Å². The molecule has 1 aromatic rings. The number of hydrogen-bond acceptors (Lipinski definition) is 3. The van der Waals surface area contributed by atoms with Crippen LogP contribution in [0.3, 0.4) is 0 Å². The molecule has 0 saturated carbocycles. The van der Waals surface area contributed by atoms with Gasteiger partial charge in [-0.3, -0.25) is 10.1 Å². The molecule has 0 aliphatic heterocycles. The molecule has 0 heterocycles. The van der Waals surface area contributed by atoms with Crippen LogP contribution in [0.25, 0.3) is 0 Å². The molecule has 0 atom stereocenters. The smallest absolute Gasteiger partial charge is 0.379 e. The van der Waals surface area contributed by atoms with E-state index >= 15 is 0 Å². The van der Waals surface area contributed by atoms with Crippen LogP contribution in [0.2, 0.25) is 0 Å². The van der Waals surface area contributed by atoms with Gasteiger partial charge in [-0.25, -0.2) is 0 Å². The molecule has 0 aromatic heterocycles. The molecule has 0 amide bonds. The van der Waals surface area contributed by atoms with Gasteiger partial charge in [0.05, 0.1) is 11.3 Å². The number of nitrogens with one attached hydrogen (secondary N) is 1. The van der Waals surface area contributed by atoms with E-state index < -0.39 is 24.1 Å². The van der Waals surface area contributed by atoms with Crippen LogP contribution in [-0.4, -0.2) is 17.6 Å². The lowest BCUT2D eigenvalue weighted by molar-refractivity contribution is -0.384. The Hall–Kier alpha value is -1.31. The highest BCUT2D eigenvalue weighted by molar-refractivity contribution is 9.10. The van der Waals surface area contributed by atoms with Crippen LogP contribution < -0.4 is 5.32 Å². The van der Waals surface area contributed by atoms with Gasteiger partial charge in [0, 0.05) is 17.1 Å². The minimum atomic E-state index is -4.28. The SMILES string of the molecule is O=[N+]([O-])c1ccc(Br)cc1NCCC(F)(F)F. The van der Waals surface area contributed by atoms with Crippen LogP contribution >= 0.6 is 15.9 Å². The maximum atomic E-state index is 11.9. The summed E-state index contributed by atoms with van der Waals surface area (Å²) in [6.45, 7) is -0.402. The Balaban J connectivity index is 2.75. The predicted molar refractivity (Wildman–Crippen MR) is 60.0 cm³/mol. The molecule has 0 aliphatic rings. The fourth-order valence-electron chi connectivity index (χ4n) is 1.15. The maximum Gasteiger partial charge on any atom is 0.390 e. The van der Waals surface area contributed by atoms with Crippen molar-refractivity contribution in [2.45, 2.75) is 12.6 Å². The van der Waals surface area contributed by atoms with E-state index in [1.54, 1.807) is 0 Å². The summed E-state index contributed by atoms with van der Waals surface area (Å²) in [6.07, 6.45) is -5.33. The van der Waals surface area contributed by atoms with Crippen molar-refractivity contribution in [1.29, 1.82) is 0 Å². The molecular weight excluding hydrogens is 305 g/mol. The van der Waals surface area contributed by atoms with Crippen molar-refractivity contribution < 1.29 is 18.1 Å². The number of benzene rings is 1. The normalized spacial score (nSPS) is 11.3. The van der Waals surface area contributed by atoms with Crippen LogP contribution in [-0.2, 0) is 0 Å². The topological polar surface area (TPSA) is 55.2 Å². The van der Waals surface area contributed by atoms with Gasteiger partial charge in [-0.05, 0) is 12.1 Å². The number of nitrogens with zero attached hydrogens (tertiary/aromatic N) is 1. The lowest BCUT2D eigenvalue weighted by atomic mass is 10.2. The Bertz CT molecular complexity index is 423. The summed E-state index contributed by atoms with van der Waals surface area (Å²) in [6, 6.07) is 4.04. The summed E-state index contributed by atoms with van der Waals surface area (Å²) in [5.41, 5.74) is -0.191. The van der Waals surface area contributed by atoms with Crippen LogP contribution in [0, 0.1) is 10.1 Å². The third kappa shape index (κ3) is 4.59. The number of halogens is 4. The van der Waals surface area contributed by atoms with Crippen molar-refractivity contribution >= 4 is 27.3 Å². The highest BCUT2D eigenvalue weighted by Crippen LogP contribution is 2.28. The molecule has 4 nitrogen and oxygen atoms in total. The van der Waals surface area contributed by atoms with Gasteiger partial charge in [0.25, 0.3) is 5.69 Å². The first kappa shape index (κ1) is 13.8. The molecule has 1 rings (SSSR count). The molecule has 0 fully saturated rings. The van der Waals surface area contributed by atoms with E-state index in [9.17, 15) is 23.3 Å².